The van der Waals surface area contributed by atoms with Crippen molar-refractivity contribution >= 4 is 11.6 Å². The summed E-state index contributed by atoms with van der Waals surface area (Å²) in [4.78, 5) is 17.7. The molecule has 2 aliphatic heterocycles. The molecule has 158 valence electrons. The monoisotopic (exact) mass is 412 g/mol. The molecule has 0 N–H and O–H groups in total. The van der Waals surface area contributed by atoms with Crippen LogP contribution in [0.5, 0.6) is 0 Å². The van der Waals surface area contributed by atoms with Gasteiger partial charge < -0.3 is 4.90 Å². The first-order valence-electron chi connectivity index (χ1n) is 10.4. The Balaban J connectivity index is 1.54. The highest BCUT2D eigenvalue weighted by Gasteiger charge is 2.34. The molecule has 1 atom stereocenters. The third-order valence-corrected chi connectivity index (χ3v) is 5.87. The fourth-order valence-corrected chi connectivity index (χ4v) is 4.03. The molecule has 0 bridgehead atoms. The highest BCUT2D eigenvalue weighted by molar-refractivity contribution is 6.03. The van der Waals surface area contributed by atoms with E-state index in [2.05, 4.69) is 21.8 Å². The summed E-state index contributed by atoms with van der Waals surface area (Å²) in [7, 11) is 0. The van der Waals surface area contributed by atoms with Crippen molar-refractivity contribution in [2.75, 3.05) is 39.3 Å². The number of carbonyl (C=O) groups excluding carboxylic acids is 1. The summed E-state index contributed by atoms with van der Waals surface area (Å²) in [5, 5.41) is 6.14. The first-order chi connectivity index (χ1) is 14.5. The average Bonchev–Trinajstić information content (AvgIpc) is 3.21. The Morgan fingerprint density at radius 3 is 2.10 bits per heavy atom. The normalized spacial score (nSPS) is 20.4. The zero-order valence-corrected chi connectivity index (χ0v) is 17.1. The van der Waals surface area contributed by atoms with E-state index in [0.29, 0.717) is 13.0 Å². The lowest BCUT2D eigenvalue weighted by Crippen LogP contribution is -2.49. The van der Waals surface area contributed by atoms with Gasteiger partial charge in [0.05, 0.1) is 18.3 Å². The highest BCUT2D eigenvalue weighted by atomic mass is 19.1. The van der Waals surface area contributed by atoms with Crippen LogP contribution in [-0.4, -0.2) is 65.7 Å². The lowest BCUT2D eigenvalue weighted by Gasteiger charge is -2.34. The van der Waals surface area contributed by atoms with Crippen LogP contribution in [0.1, 0.15) is 30.5 Å². The van der Waals surface area contributed by atoms with Gasteiger partial charge in [-0.2, -0.15) is 5.10 Å². The second-order valence-corrected chi connectivity index (χ2v) is 7.77. The third kappa shape index (κ3) is 4.57. The van der Waals surface area contributed by atoms with E-state index in [1.807, 2.05) is 0 Å². The van der Waals surface area contributed by atoms with Crippen LogP contribution in [0.2, 0.25) is 0 Å². The van der Waals surface area contributed by atoms with Crippen molar-refractivity contribution in [1.82, 2.24) is 14.8 Å². The van der Waals surface area contributed by atoms with Crippen molar-refractivity contribution in [2.45, 2.75) is 19.4 Å². The maximum absolute atomic E-state index is 13.4. The fraction of sp³-hybridized carbons (Fsp3) is 0.391. The molecule has 1 amide bonds. The average molecular weight is 412 g/mol. The van der Waals surface area contributed by atoms with E-state index in [0.717, 1.165) is 49.6 Å². The Labute approximate surface area is 175 Å². The van der Waals surface area contributed by atoms with Gasteiger partial charge in [-0.3, -0.25) is 9.69 Å². The topological polar surface area (TPSA) is 39.1 Å². The predicted octanol–water partition coefficient (Wildman–Crippen LogP) is 3.28. The summed E-state index contributed by atoms with van der Waals surface area (Å²) in [6.07, 6.45) is 0.507. The summed E-state index contributed by atoms with van der Waals surface area (Å²) in [5.41, 5.74) is 2.35. The molecule has 0 spiro atoms. The van der Waals surface area contributed by atoms with Crippen molar-refractivity contribution in [3.05, 3.63) is 71.3 Å². The van der Waals surface area contributed by atoms with Crippen LogP contribution in [0.15, 0.2) is 53.6 Å². The van der Waals surface area contributed by atoms with Gasteiger partial charge >= 0.3 is 0 Å². The standard InChI is InChI=1S/C23H26F2N4O/c1-2-27-11-13-28(14-12-27)16-23(30)29-22(18-5-9-20(25)10-6-18)15-21(26-29)17-3-7-19(24)8-4-17/h3-10,22H,2,11-16H2,1H3/t22-/m1/s1. The van der Waals surface area contributed by atoms with Crippen LogP contribution >= 0.6 is 0 Å². The number of piperazine rings is 1. The van der Waals surface area contributed by atoms with Gasteiger partial charge in [-0.05, 0) is 41.9 Å². The molecule has 30 heavy (non-hydrogen) atoms. The molecule has 1 fully saturated rings. The van der Waals surface area contributed by atoms with E-state index in [4.69, 9.17) is 0 Å². The van der Waals surface area contributed by atoms with Gasteiger partial charge in [-0.1, -0.05) is 31.2 Å². The summed E-state index contributed by atoms with van der Waals surface area (Å²) < 4.78 is 26.7. The van der Waals surface area contributed by atoms with Crippen LogP contribution in [0, 0.1) is 11.6 Å². The van der Waals surface area contributed by atoms with E-state index < -0.39 is 0 Å². The lowest BCUT2D eigenvalue weighted by atomic mass is 9.98. The van der Waals surface area contributed by atoms with Crippen LogP contribution in [0.4, 0.5) is 8.78 Å². The molecule has 7 heteroatoms. The van der Waals surface area contributed by atoms with Crippen LogP contribution < -0.4 is 0 Å². The second-order valence-electron chi connectivity index (χ2n) is 7.77. The van der Waals surface area contributed by atoms with E-state index in [-0.39, 0.29) is 23.6 Å². The van der Waals surface area contributed by atoms with Crippen LogP contribution in [0.25, 0.3) is 0 Å². The Morgan fingerprint density at radius 2 is 1.50 bits per heavy atom. The predicted molar refractivity (Wildman–Crippen MR) is 112 cm³/mol. The number of likely N-dealkylation sites (N-methyl/N-ethyl adjacent to an activating group) is 1. The van der Waals surface area contributed by atoms with Crippen molar-refractivity contribution in [3.63, 3.8) is 0 Å². The smallest absolute Gasteiger partial charge is 0.257 e. The van der Waals surface area contributed by atoms with Crippen molar-refractivity contribution in [1.29, 1.82) is 0 Å². The largest absolute Gasteiger partial charge is 0.301 e. The number of hydrogen-bond donors (Lipinski definition) is 0. The number of hydrazone groups is 1. The first kappa shape index (κ1) is 20.6. The Hall–Kier alpha value is -2.64. The number of rotatable bonds is 5. The Morgan fingerprint density at radius 1 is 0.933 bits per heavy atom. The van der Waals surface area contributed by atoms with Crippen LogP contribution in [-0.2, 0) is 4.79 Å². The van der Waals surface area contributed by atoms with Gasteiger partial charge in [0.15, 0.2) is 0 Å². The van der Waals surface area contributed by atoms with Gasteiger partial charge in [0.25, 0.3) is 5.91 Å². The highest BCUT2D eigenvalue weighted by Crippen LogP contribution is 2.33. The lowest BCUT2D eigenvalue weighted by molar-refractivity contribution is -0.134. The molecule has 2 aromatic carbocycles. The maximum Gasteiger partial charge on any atom is 0.257 e. The van der Waals surface area contributed by atoms with Gasteiger partial charge in [0.2, 0.25) is 0 Å². The van der Waals surface area contributed by atoms with Gasteiger partial charge in [0.1, 0.15) is 11.6 Å². The van der Waals surface area contributed by atoms with Crippen molar-refractivity contribution < 1.29 is 13.6 Å². The quantitative estimate of drug-likeness (QED) is 0.757. The summed E-state index contributed by atoms with van der Waals surface area (Å²) in [5.74, 6) is -0.707. The SMILES string of the molecule is CCN1CCN(CC(=O)N2N=C(c3ccc(F)cc3)C[C@@H]2c2ccc(F)cc2)CC1. The number of benzene rings is 2. The first-order valence-corrected chi connectivity index (χ1v) is 10.4. The minimum absolute atomic E-state index is 0.0774. The number of carbonyl (C=O) groups is 1. The van der Waals surface area contributed by atoms with E-state index >= 15 is 0 Å². The summed E-state index contributed by atoms with van der Waals surface area (Å²) in [6.45, 7) is 7.07. The van der Waals surface area contributed by atoms with Gasteiger partial charge in [0, 0.05) is 32.6 Å². The molecule has 2 heterocycles. The zero-order chi connectivity index (χ0) is 21.1. The van der Waals surface area contributed by atoms with Crippen molar-refractivity contribution in [2.24, 2.45) is 5.10 Å². The number of halogens is 2. The van der Waals surface area contributed by atoms with Crippen molar-refractivity contribution in [3.8, 4) is 0 Å². The molecule has 0 saturated carbocycles. The van der Waals surface area contributed by atoms with Gasteiger partial charge in [-0.25, -0.2) is 13.8 Å². The van der Waals surface area contributed by atoms with E-state index in [9.17, 15) is 13.6 Å². The van der Waals surface area contributed by atoms with Gasteiger partial charge in [-0.15, -0.1) is 0 Å². The molecular formula is C23H26F2N4O. The molecule has 5 nitrogen and oxygen atoms in total. The number of amides is 1. The minimum Gasteiger partial charge on any atom is -0.301 e. The summed E-state index contributed by atoms with van der Waals surface area (Å²) >= 11 is 0. The molecule has 0 radical (unpaired) electrons. The van der Waals surface area contributed by atoms with E-state index in [1.165, 1.54) is 29.3 Å². The maximum atomic E-state index is 13.4. The Kier molecular flexibility index (Phi) is 6.20. The molecule has 0 unspecified atom stereocenters. The molecule has 0 aliphatic carbocycles. The third-order valence-electron chi connectivity index (χ3n) is 5.87. The molecular weight excluding hydrogens is 386 g/mol. The number of hydrogen-bond acceptors (Lipinski definition) is 4. The fourth-order valence-electron chi connectivity index (χ4n) is 4.03. The molecule has 1 saturated heterocycles. The zero-order valence-electron chi connectivity index (χ0n) is 17.1. The molecule has 2 aromatic rings. The van der Waals surface area contributed by atoms with Crippen LogP contribution in [0.3, 0.4) is 0 Å². The number of nitrogens with zero attached hydrogens (tertiary/aromatic N) is 4. The van der Waals surface area contributed by atoms with E-state index in [1.54, 1.807) is 24.3 Å². The molecule has 0 aromatic heterocycles. The second kappa shape index (κ2) is 9.02. The Bertz CT molecular complexity index is 906. The molecule has 2 aliphatic rings. The summed E-state index contributed by atoms with van der Waals surface area (Å²) in [6, 6.07) is 12.0. The molecule has 4 rings (SSSR count). The minimum atomic E-state index is -0.317.